The molecule has 1 spiro atoms. The number of nitriles is 1. The quantitative estimate of drug-likeness (QED) is 0.472. The lowest BCUT2D eigenvalue weighted by Crippen LogP contribution is -2.60. The number of alkyl halides is 3. The summed E-state index contributed by atoms with van der Waals surface area (Å²) in [6.45, 7) is 1.02. The van der Waals surface area contributed by atoms with Crippen molar-refractivity contribution in [2.45, 2.75) is 68.6 Å². The Morgan fingerprint density at radius 1 is 1.40 bits per heavy atom. The number of carbonyl (C=O) groups is 4. The molecule has 2 fully saturated rings. The van der Waals surface area contributed by atoms with Gasteiger partial charge in [-0.2, -0.15) is 18.4 Å². The van der Waals surface area contributed by atoms with Gasteiger partial charge in [0, 0.05) is 26.8 Å². The number of methoxy groups -OCH3 is 1. The molecule has 0 radical (unpaired) electrons. The SMILES string of the molecule is CO[C@H](C)[C@H](NC(=O)C(F)(F)F)C(=O)N(C)[C@@H](CC1CC1)C(=O)N1C[C@@]2(C[C@H]1C#N)Oc1cccnc1NC2=O. The van der Waals surface area contributed by atoms with Gasteiger partial charge < -0.3 is 29.9 Å². The number of anilines is 1. The maximum Gasteiger partial charge on any atom is 0.471 e. The topological polar surface area (TPSA) is 154 Å². The fourth-order valence-electron chi connectivity index (χ4n) is 4.90. The third-order valence-corrected chi connectivity index (χ3v) is 7.48. The number of likely N-dealkylation sites (tertiary alicyclic amines) is 1. The molecule has 0 bridgehead atoms. The standard InChI is InChI=1S/C25H29F3N6O6/c1-13(39-3)18(31-23(38)25(26,27)28)21(36)33(2)16(9-14-6-7-14)20(35)34-12-24(10-15(34)11-29)22(37)32-19-17(40-24)5-4-8-30-19/h4-5,8,13-16,18H,6-7,9-10,12H2,1-3H3,(H,31,38)(H,30,32,37)/t13-,15+,16+,18+,24-/m1/s1. The Hall–Kier alpha value is -3.93. The zero-order valence-electron chi connectivity index (χ0n) is 22.0. The number of likely N-dealkylation sites (N-methyl/N-ethyl adjacent to an activating group) is 1. The van der Waals surface area contributed by atoms with Gasteiger partial charge in [0.05, 0.1) is 18.7 Å². The minimum atomic E-state index is -5.24. The smallest absolute Gasteiger partial charge is 0.471 e. The van der Waals surface area contributed by atoms with Crippen LogP contribution >= 0.6 is 0 Å². The molecule has 15 heteroatoms. The Labute approximate surface area is 227 Å². The molecule has 2 N–H and O–H groups in total. The van der Waals surface area contributed by atoms with Crippen molar-refractivity contribution in [3.63, 3.8) is 0 Å². The molecule has 216 valence electrons. The van der Waals surface area contributed by atoms with Crippen LogP contribution in [0, 0.1) is 17.2 Å². The monoisotopic (exact) mass is 566 g/mol. The van der Waals surface area contributed by atoms with Crippen LogP contribution in [0.2, 0.25) is 0 Å². The summed E-state index contributed by atoms with van der Waals surface area (Å²) in [6, 6.07) is 1.20. The van der Waals surface area contributed by atoms with Crippen molar-refractivity contribution in [1.82, 2.24) is 20.1 Å². The van der Waals surface area contributed by atoms with Crippen LogP contribution in [0.4, 0.5) is 19.0 Å². The number of pyridine rings is 1. The molecule has 40 heavy (non-hydrogen) atoms. The van der Waals surface area contributed by atoms with E-state index in [0.717, 1.165) is 17.7 Å². The van der Waals surface area contributed by atoms with E-state index < -0.39 is 59.6 Å². The van der Waals surface area contributed by atoms with E-state index in [4.69, 9.17) is 9.47 Å². The number of halogens is 3. The summed E-state index contributed by atoms with van der Waals surface area (Å²) < 4.78 is 49.9. The van der Waals surface area contributed by atoms with Crippen molar-refractivity contribution in [2.75, 3.05) is 26.0 Å². The second-order valence-corrected chi connectivity index (χ2v) is 10.2. The maximum atomic E-state index is 13.9. The molecule has 1 aliphatic carbocycles. The lowest BCUT2D eigenvalue weighted by molar-refractivity contribution is -0.176. The molecule has 1 saturated heterocycles. The molecule has 0 aromatic carbocycles. The van der Waals surface area contributed by atoms with Gasteiger partial charge in [0.15, 0.2) is 11.6 Å². The molecular formula is C25H29F3N6O6. The maximum absolute atomic E-state index is 13.9. The average Bonchev–Trinajstić information content (AvgIpc) is 3.67. The van der Waals surface area contributed by atoms with Gasteiger partial charge in [0.2, 0.25) is 17.4 Å². The van der Waals surface area contributed by atoms with Gasteiger partial charge in [0.25, 0.3) is 5.91 Å². The third kappa shape index (κ3) is 5.67. The van der Waals surface area contributed by atoms with Crippen LogP contribution < -0.4 is 15.4 Å². The fourth-order valence-corrected chi connectivity index (χ4v) is 4.90. The first-order valence-corrected chi connectivity index (χ1v) is 12.6. The molecule has 4 amide bonds. The van der Waals surface area contributed by atoms with E-state index in [-0.39, 0.29) is 36.9 Å². The van der Waals surface area contributed by atoms with Crippen LogP contribution in [-0.4, -0.2) is 95.1 Å². The summed E-state index contributed by atoms with van der Waals surface area (Å²) in [5, 5.41) is 14.2. The minimum Gasteiger partial charge on any atom is -0.472 e. The van der Waals surface area contributed by atoms with Crippen molar-refractivity contribution in [2.24, 2.45) is 5.92 Å². The Balaban J connectivity index is 1.59. The van der Waals surface area contributed by atoms with Crippen LogP contribution in [0.3, 0.4) is 0 Å². The summed E-state index contributed by atoms with van der Waals surface area (Å²) in [6.07, 6.45) is -3.32. The zero-order valence-corrected chi connectivity index (χ0v) is 22.0. The molecule has 3 heterocycles. The first-order chi connectivity index (χ1) is 18.8. The number of carbonyl (C=O) groups excluding carboxylic acids is 4. The van der Waals surface area contributed by atoms with E-state index in [9.17, 15) is 37.6 Å². The summed E-state index contributed by atoms with van der Waals surface area (Å²) in [5.41, 5.74) is -1.58. The van der Waals surface area contributed by atoms with Gasteiger partial charge >= 0.3 is 12.1 Å². The molecule has 0 unspecified atom stereocenters. The van der Waals surface area contributed by atoms with Crippen molar-refractivity contribution >= 4 is 29.4 Å². The van der Waals surface area contributed by atoms with E-state index in [1.165, 1.54) is 32.2 Å². The lowest BCUT2D eigenvalue weighted by Gasteiger charge is -2.36. The van der Waals surface area contributed by atoms with Crippen LogP contribution in [0.5, 0.6) is 5.75 Å². The number of nitrogens with one attached hydrogen (secondary N) is 2. The largest absolute Gasteiger partial charge is 0.472 e. The second kappa shape index (κ2) is 10.9. The number of amides is 4. The normalized spacial score (nSPS) is 24.2. The number of ether oxygens (including phenoxy) is 2. The highest BCUT2D eigenvalue weighted by Crippen LogP contribution is 2.40. The molecule has 4 rings (SSSR count). The molecule has 1 aromatic heterocycles. The molecule has 1 saturated carbocycles. The Kier molecular flexibility index (Phi) is 7.93. The summed E-state index contributed by atoms with van der Waals surface area (Å²) in [7, 11) is 2.42. The van der Waals surface area contributed by atoms with E-state index in [0.29, 0.717) is 0 Å². The van der Waals surface area contributed by atoms with Crippen molar-refractivity contribution in [1.29, 1.82) is 5.26 Å². The number of hydrogen-bond acceptors (Lipinski definition) is 8. The number of fused-ring (bicyclic) bond motifs is 1. The fraction of sp³-hybridized carbons (Fsp3) is 0.600. The highest BCUT2D eigenvalue weighted by Gasteiger charge is 2.57. The minimum absolute atomic E-state index is 0.0801. The number of rotatable bonds is 8. The summed E-state index contributed by atoms with van der Waals surface area (Å²) >= 11 is 0. The van der Waals surface area contributed by atoms with Crippen LogP contribution in [0.15, 0.2) is 18.3 Å². The van der Waals surface area contributed by atoms with E-state index in [1.54, 1.807) is 17.4 Å². The first-order valence-electron chi connectivity index (χ1n) is 12.6. The zero-order chi connectivity index (χ0) is 29.4. The first kappa shape index (κ1) is 29.1. The van der Waals surface area contributed by atoms with Crippen LogP contribution in [-0.2, 0) is 23.9 Å². The number of hydrogen-bond donors (Lipinski definition) is 2. The van der Waals surface area contributed by atoms with Crippen molar-refractivity contribution < 1.29 is 41.8 Å². The molecule has 12 nitrogen and oxygen atoms in total. The number of aromatic nitrogens is 1. The average molecular weight is 567 g/mol. The molecule has 2 aliphatic heterocycles. The van der Waals surface area contributed by atoms with E-state index in [1.807, 2.05) is 6.07 Å². The van der Waals surface area contributed by atoms with Crippen LogP contribution in [0.25, 0.3) is 0 Å². The molecule has 5 atom stereocenters. The second-order valence-electron chi connectivity index (χ2n) is 10.2. The van der Waals surface area contributed by atoms with Gasteiger partial charge in [-0.3, -0.25) is 19.2 Å². The predicted molar refractivity (Wildman–Crippen MR) is 130 cm³/mol. The van der Waals surface area contributed by atoms with E-state index >= 15 is 0 Å². The van der Waals surface area contributed by atoms with Crippen molar-refractivity contribution in [3.8, 4) is 11.8 Å². The summed E-state index contributed by atoms with van der Waals surface area (Å²) in [5.74, 6) is -3.99. The van der Waals surface area contributed by atoms with Gasteiger partial charge in [-0.05, 0) is 31.4 Å². The van der Waals surface area contributed by atoms with E-state index in [2.05, 4.69) is 10.3 Å². The van der Waals surface area contributed by atoms with Gasteiger partial charge in [0.1, 0.15) is 18.1 Å². The Morgan fingerprint density at radius 3 is 2.70 bits per heavy atom. The predicted octanol–water partition coefficient (Wildman–Crippen LogP) is 0.985. The highest BCUT2D eigenvalue weighted by molar-refractivity contribution is 6.01. The van der Waals surface area contributed by atoms with Crippen molar-refractivity contribution in [3.05, 3.63) is 18.3 Å². The molecular weight excluding hydrogens is 537 g/mol. The Morgan fingerprint density at radius 2 is 2.10 bits per heavy atom. The molecule has 3 aliphatic rings. The van der Waals surface area contributed by atoms with Gasteiger partial charge in [-0.25, -0.2) is 4.98 Å². The van der Waals surface area contributed by atoms with Gasteiger partial charge in [-0.15, -0.1) is 0 Å². The van der Waals surface area contributed by atoms with Gasteiger partial charge in [-0.1, -0.05) is 12.8 Å². The lowest BCUT2D eigenvalue weighted by atomic mass is 9.97. The highest BCUT2D eigenvalue weighted by atomic mass is 19.4. The summed E-state index contributed by atoms with van der Waals surface area (Å²) in [4.78, 5) is 58.3. The third-order valence-electron chi connectivity index (χ3n) is 7.48. The Bertz CT molecular complexity index is 1230. The van der Waals surface area contributed by atoms with Crippen LogP contribution in [0.1, 0.15) is 32.6 Å². The molecule has 1 aromatic rings. The number of nitrogens with zero attached hydrogens (tertiary/aromatic N) is 4.